The Morgan fingerprint density at radius 3 is 2.12 bits per heavy atom. The van der Waals surface area contributed by atoms with Gasteiger partial charge in [0.25, 0.3) is 0 Å². The fourth-order valence-electron chi connectivity index (χ4n) is 2.33. The quantitative estimate of drug-likeness (QED) is 0.409. The highest BCUT2D eigenvalue weighted by molar-refractivity contribution is 7.19. The number of carbonyl (C=O) groups is 1. The number of carbonyl (C=O) groups excluding carboxylic acids is 1. The molecule has 0 saturated heterocycles. The van der Waals surface area contributed by atoms with Crippen molar-refractivity contribution in [2.75, 3.05) is 0 Å². The molecule has 0 unspecified atom stereocenters. The molecule has 0 fully saturated rings. The Hall–Kier alpha value is -2.86. The molecule has 6 heteroatoms. The summed E-state index contributed by atoms with van der Waals surface area (Å²) < 4.78 is 0. The Labute approximate surface area is 143 Å². The Morgan fingerprint density at radius 2 is 1.58 bits per heavy atom. The first-order valence-corrected chi connectivity index (χ1v) is 8.13. The first-order chi connectivity index (χ1) is 11.7. The Bertz CT molecular complexity index is 874. The molecule has 3 aromatic rings. The largest absolute Gasteiger partial charge is 0.331 e. The van der Waals surface area contributed by atoms with Crippen LogP contribution in [0.5, 0.6) is 0 Å². The summed E-state index contributed by atoms with van der Waals surface area (Å²) in [6.07, 6.45) is 8.64. The number of hydrogen-bond donors (Lipinski definition) is 0. The lowest BCUT2D eigenvalue weighted by atomic mass is 10.0. The van der Waals surface area contributed by atoms with Gasteiger partial charge >= 0.3 is 5.97 Å². The summed E-state index contributed by atoms with van der Waals surface area (Å²) in [5, 5.41) is 3.80. The molecule has 0 N–H and O–H groups in total. The van der Waals surface area contributed by atoms with Gasteiger partial charge in [-0.3, -0.25) is 9.97 Å². The van der Waals surface area contributed by atoms with Gasteiger partial charge in [0.15, 0.2) is 0 Å². The Morgan fingerprint density at radius 1 is 1.04 bits per heavy atom. The van der Waals surface area contributed by atoms with Crippen molar-refractivity contribution in [1.82, 2.24) is 9.97 Å². The van der Waals surface area contributed by atoms with Crippen LogP contribution < -0.4 is 0 Å². The third-order valence-electron chi connectivity index (χ3n) is 3.44. The molecular weight excluding hydrogens is 322 g/mol. The number of thiophene rings is 1. The Balaban J connectivity index is 2.12. The summed E-state index contributed by atoms with van der Waals surface area (Å²) in [7, 11) is 0. The van der Waals surface area contributed by atoms with Crippen LogP contribution >= 0.6 is 11.3 Å². The summed E-state index contributed by atoms with van der Waals surface area (Å²) in [6.45, 7) is 3.36. The maximum Gasteiger partial charge on any atom is 0.331 e. The van der Waals surface area contributed by atoms with E-state index in [9.17, 15) is 4.79 Å². The zero-order valence-corrected chi connectivity index (χ0v) is 14.1. The first kappa shape index (κ1) is 16.0. The maximum absolute atomic E-state index is 11.0. The van der Waals surface area contributed by atoms with Crippen LogP contribution in [0, 0.1) is 6.92 Å². The van der Waals surface area contributed by atoms with Crippen molar-refractivity contribution in [2.24, 2.45) is 5.16 Å². The monoisotopic (exact) mass is 337 g/mol. The lowest BCUT2D eigenvalue weighted by Crippen LogP contribution is -1.93. The van der Waals surface area contributed by atoms with Crippen LogP contribution in [-0.2, 0) is 9.63 Å². The van der Waals surface area contributed by atoms with Gasteiger partial charge in [-0.25, -0.2) is 4.79 Å². The molecule has 0 atom stereocenters. The molecule has 0 aromatic carbocycles. The standard InChI is InChI=1S/C18H15N3O2S/c1-12-16(11-21-23-13(2)22)18(15-5-9-20-10-6-15)24-17(12)14-3-7-19-8-4-14/h3-11H,1-2H3/b21-11+. The lowest BCUT2D eigenvalue weighted by molar-refractivity contribution is -0.140. The molecule has 3 heterocycles. The molecule has 0 radical (unpaired) electrons. The van der Waals surface area contributed by atoms with Crippen LogP contribution in [0.4, 0.5) is 0 Å². The molecule has 0 aliphatic rings. The summed E-state index contributed by atoms with van der Waals surface area (Å²) in [5.74, 6) is -0.445. The van der Waals surface area contributed by atoms with Gasteiger partial charge in [-0.15, -0.1) is 11.3 Å². The highest BCUT2D eigenvalue weighted by atomic mass is 32.1. The van der Waals surface area contributed by atoms with Gasteiger partial charge < -0.3 is 4.84 Å². The van der Waals surface area contributed by atoms with Crippen LogP contribution in [0.1, 0.15) is 18.1 Å². The van der Waals surface area contributed by atoms with E-state index in [0.717, 1.165) is 32.0 Å². The number of aromatic nitrogens is 2. The molecule has 24 heavy (non-hydrogen) atoms. The van der Waals surface area contributed by atoms with E-state index in [1.165, 1.54) is 6.92 Å². The second-order valence-electron chi connectivity index (χ2n) is 5.09. The summed E-state index contributed by atoms with van der Waals surface area (Å²) >= 11 is 1.66. The second-order valence-corrected chi connectivity index (χ2v) is 6.11. The topological polar surface area (TPSA) is 64.4 Å². The molecule has 0 bridgehead atoms. The smallest absolute Gasteiger partial charge is 0.319 e. The van der Waals surface area contributed by atoms with Crippen molar-refractivity contribution >= 4 is 23.5 Å². The van der Waals surface area contributed by atoms with Gasteiger partial charge in [0, 0.05) is 47.0 Å². The average molecular weight is 337 g/mol. The van der Waals surface area contributed by atoms with Crippen molar-refractivity contribution in [1.29, 1.82) is 0 Å². The fraction of sp³-hybridized carbons (Fsp3) is 0.111. The number of nitrogens with zero attached hydrogens (tertiary/aromatic N) is 3. The SMILES string of the molecule is CC(=O)O/N=C/c1c(-c2ccncc2)sc(-c2ccncc2)c1C. The summed E-state index contributed by atoms with van der Waals surface area (Å²) in [6, 6.07) is 7.85. The summed E-state index contributed by atoms with van der Waals surface area (Å²) in [4.78, 5) is 26.0. The number of oxime groups is 1. The first-order valence-electron chi connectivity index (χ1n) is 7.32. The minimum Gasteiger partial charge on any atom is -0.319 e. The highest BCUT2D eigenvalue weighted by Crippen LogP contribution is 2.40. The van der Waals surface area contributed by atoms with Crippen LogP contribution in [0.3, 0.4) is 0 Å². The Kier molecular flexibility index (Phi) is 4.77. The van der Waals surface area contributed by atoms with Crippen molar-refractivity contribution in [3.05, 3.63) is 60.2 Å². The molecule has 0 saturated carbocycles. The minimum absolute atomic E-state index is 0.445. The third-order valence-corrected chi connectivity index (χ3v) is 4.85. The molecule has 5 nitrogen and oxygen atoms in total. The number of pyridine rings is 2. The van der Waals surface area contributed by atoms with Gasteiger partial charge in [0.2, 0.25) is 0 Å². The average Bonchev–Trinajstić information content (AvgIpc) is 2.93. The molecule has 3 aromatic heterocycles. The van der Waals surface area contributed by atoms with Crippen LogP contribution in [0.2, 0.25) is 0 Å². The van der Waals surface area contributed by atoms with Crippen LogP contribution in [-0.4, -0.2) is 22.2 Å². The van der Waals surface area contributed by atoms with E-state index in [0.29, 0.717) is 0 Å². The molecule has 3 rings (SSSR count). The van der Waals surface area contributed by atoms with Gasteiger partial charge in [-0.05, 0) is 47.9 Å². The van der Waals surface area contributed by atoms with Crippen molar-refractivity contribution in [3.8, 4) is 20.9 Å². The van der Waals surface area contributed by atoms with Gasteiger partial charge in [0.1, 0.15) is 0 Å². The predicted molar refractivity (Wildman–Crippen MR) is 94.9 cm³/mol. The fourth-order valence-corrected chi connectivity index (χ4v) is 3.62. The number of rotatable bonds is 4. The molecule has 120 valence electrons. The molecular formula is C18H15N3O2S. The van der Waals surface area contributed by atoms with E-state index >= 15 is 0 Å². The molecule has 0 spiro atoms. The van der Waals surface area contributed by atoms with E-state index in [4.69, 9.17) is 4.84 Å². The van der Waals surface area contributed by atoms with E-state index in [1.54, 1.807) is 42.3 Å². The molecule has 0 aliphatic carbocycles. The minimum atomic E-state index is -0.445. The molecule has 0 amide bonds. The predicted octanol–water partition coefficient (Wildman–Crippen LogP) is 4.08. The lowest BCUT2D eigenvalue weighted by Gasteiger charge is -2.00. The van der Waals surface area contributed by atoms with E-state index in [-0.39, 0.29) is 0 Å². The van der Waals surface area contributed by atoms with Gasteiger partial charge in [-0.2, -0.15) is 0 Å². The van der Waals surface area contributed by atoms with Crippen LogP contribution in [0.25, 0.3) is 20.9 Å². The molecule has 0 aliphatic heterocycles. The van der Waals surface area contributed by atoms with E-state index < -0.39 is 5.97 Å². The highest BCUT2D eigenvalue weighted by Gasteiger charge is 2.16. The van der Waals surface area contributed by atoms with E-state index in [1.807, 2.05) is 31.2 Å². The van der Waals surface area contributed by atoms with Crippen molar-refractivity contribution < 1.29 is 9.63 Å². The van der Waals surface area contributed by atoms with Gasteiger partial charge in [-0.1, -0.05) is 5.16 Å². The zero-order valence-electron chi connectivity index (χ0n) is 13.3. The van der Waals surface area contributed by atoms with E-state index in [2.05, 4.69) is 15.1 Å². The zero-order chi connectivity index (χ0) is 16.9. The number of hydrogen-bond acceptors (Lipinski definition) is 6. The van der Waals surface area contributed by atoms with Gasteiger partial charge in [0.05, 0.1) is 6.21 Å². The van der Waals surface area contributed by atoms with Crippen LogP contribution in [0.15, 0.2) is 54.2 Å². The summed E-state index contributed by atoms with van der Waals surface area (Å²) in [5.41, 5.74) is 4.14. The van der Waals surface area contributed by atoms with Crippen molar-refractivity contribution in [3.63, 3.8) is 0 Å². The normalized spacial score (nSPS) is 10.9. The maximum atomic E-state index is 11.0. The second kappa shape index (κ2) is 7.14. The third kappa shape index (κ3) is 3.38. The van der Waals surface area contributed by atoms with Crippen molar-refractivity contribution in [2.45, 2.75) is 13.8 Å².